The second-order valence-corrected chi connectivity index (χ2v) is 8.70. The second kappa shape index (κ2) is 11.5. The predicted molar refractivity (Wildman–Crippen MR) is 135 cm³/mol. The van der Waals surface area contributed by atoms with E-state index in [-0.39, 0.29) is 29.5 Å². The highest BCUT2D eigenvalue weighted by Gasteiger charge is 2.39. The van der Waals surface area contributed by atoms with Crippen LogP contribution in [0.2, 0.25) is 0 Å². The summed E-state index contributed by atoms with van der Waals surface area (Å²) in [6, 6.07) is 11.2. The van der Waals surface area contributed by atoms with Crippen LogP contribution in [0, 0.1) is 0 Å². The third kappa shape index (κ3) is 5.79. The number of hydrogen-bond donors (Lipinski definition) is 2. The summed E-state index contributed by atoms with van der Waals surface area (Å²) < 4.78 is 5.68. The summed E-state index contributed by atoms with van der Waals surface area (Å²) in [4.78, 5) is 9.72. The van der Waals surface area contributed by atoms with Crippen molar-refractivity contribution in [3.05, 3.63) is 30.3 Å². The Morgan fingerprint density at radius 1 is 1.07 bits per heavy atom. The first-order chi connectivity index (χ1) is 14.3. The van der Waals surface area contributed by atoms with Crippen LogP contribution in [0.3, 0.4) is 0 Å². The third-order valence-electron chi connectivity index (χ3n) is 6.97. The molecule has 3 saturated heterocycles. The Balaban J connectivity index is 0.00000256. The largest absolute Gasteiger partial charge is 0.381 e. The van der Waals surface area contributed by atoms with Crippen molar-refractivity contribution in [1.82, 2.24) is 15.5 Å². The molecule has 0 spiro atoms. The number of hydrogen-bond acceptors (Lipinski definition) is 4. The molecule has 3 aliphatic rings. The van der Waals surface area contributed by atoms with E-state index >= 15 is 0 Å². The molecule has 1 aromatic carbocycles. The van der Waals surface area contributed by atoms with Gasteiger partial charge in [-0.3, -0.25) is 9.89 Å². The van der Waals surface area contributed by atoms with Gasteiger partial charge in [0.15, 0.2) is 5.96 Å². The lowest BCUT2D eigenvalue weighted by atomic mass is 9.88. The van der Waals surface area contributed by atoms with Gasteiger partial charge in [0.25, 0.3) is 0 Å². The van der Waals surface area contributed by atoms with Crippen molar-refractivity contribution in [2.45, 2.75) is 50.1 Å². The Bertz CT molecular complexity index is 651. The number of anilines is 1. The molecule has 3 fully saturated rings. The van der Waals surface area contributed by atoms with E-state index < -0.39 is 0 Å². The molecule has 0 atom stereocenters. The average molecular weight is 527 g/mol. The molecule has 0 aliphatic carbocycles. The Labute approximate surface area is 198 Å². The number of likely N-dealkylation sites (tertiary alicyclic amines) is 1. The Hall–Kier alpha value is -1.06. The zero-order valence-corrected chi connectivity index (χ0v) is 20.6. The van der Waals surface area contributed by atoms with Gasteiger partial charge in [-0.05, 0) is 63.7 Å². The molecule has 3 aliphatic heterocycles. The lowest BCUT2D eigenvalue weighted by Gasteiger charge is -2.45. The first-order valence-corrected chi connectivity index (χ1v) is 11.4. The second-order valence-electron chi connectivity index (χ2n) is 8.70. The number of aliphatic imine (C=N–C) groups is 1. The number of para-hydroxylation sites is 1. The summed E-state index contributed by atoms with van der Waals surface area (Å²) in [5.74, 6) is 0.952. The highest BCUT2D eigenvalue weighted by Crippen LogP contribution is 2.30. The number of piperidine rings is 1. The molecule has 7 heteroatoms. The van der Waals surface area contributed by atoms with E-state index in [9.17, 15) is 0 Å². The first kappa shape index (κ1) is 23.6. The zero-order valence-electron chi connectivity index (χ0n) is 18.3. The monoisotopic (exact) mass is 527 g/mol. The molecule has 0 saturated carbocycles. The molecule has 0 aromatic heterocycles. The van der Waals surface area contributed by atoms with Crippen molar-refractivity contribution >= 4 is 35.6 Å². The van der Waals surface area contributed by atoms with Gasteiger partial charge in [0, 0.05) is 57.2 Å². The third-order valence-corrected chi connectivity index (χ3v) is 6.97. The summed E-state index contributed by atoms with van der Waals surface area (Å²) in [6.45, 7) is 7.35. The molecule has 2 N–H and O–H groups in total. The van der Waals surface area contributed by atoms with E-state index in [4.69, 9.17) is 4.74 Å². The van der Waals surface area contributed by atoms with Crippen LogP contribution in [0.1, 0.15) is 38.5 Å². The molecule has 1 aromatic rings. The quantitative estimate of drug-likeness (QED) is 0.350. The SMILES string of the molecule is CN=C(NCC1(N2CCCC2)CCOCC1)NC1CCN(c2ccccc2)CC1.I. The predicted octanol–water partition coefficient (Wildman–Crippen LogP) is 3.08. The van der Waals surface area contributed by atoms with E-state index in [2.05, 4.69) is 55.8 Å². The number of halogens is 1. The van der Waals surface area contributed by atoms with Crippen molar-refractivity contribution < 1.29 is 4.74 Å². The molecular weight excluding hydrogens is 489 g/mol. The normalized spacial score (nSPS) is 23.1. The maximum atomic E-state index is 5.68. The molecule has 4 rings (SSSR count). The molecule has 6 nitrogen and oxygen atoms in total. The van der Waals surface area contributed by atoms with E-state index in [0.29, 0.717) is 6.04 Å². The Morgan fingerprint density at radius 2 is 1.73 bits per heavy atom. The van der Waals surface area contributed by atoms with Crippen molar-refractivity contribution in [1.29, 1.82) is 0 Å². The number of rotatable bonds is 5. The van der Waals surface area contributed by atoms with Crippen LogP contribution < -0.4 is 15.5 Å². The minimum Gasteiger partial charge on any atom is -0.381 e. The summed E-state index contributed by atoms with van der Waals surface area (Å²) in [5, 5.41) is 7.36. The van der Waals surface area contributed by atoms with Gasteiger partial charge in [-0.2, -0.15) is 0 Å². The van der Waals surface area contributed by atoms with Crippen molar-refractivity contribution in [3.8, 4) is 0 Å². The van der Waals surface area contributed by atoms with Gasteiger partial charge in [-0.15, -0.1) is 24.0 Å². The molecule has 168 valence electrons. The summed E-state index contributed by atoms with van der Waals surface area (Å²) in [7, 11) is 1.89. The van der Waals surface area contributed by atoms with Gasteiger partial charge in [-0.1, -0.05) is 18.2 Å². The number of nitrogens with zero attached hydrogens (tertiary/aromatic N) is 3. The lowest BCUT2D eigenvalue weighted by Crippen LogP contribution is -2.59. The van der Waals surface area contributed by atoms with Gasteiger partial charge in [0.05, 0.1) is 0 Å². The fourth-order valence-electron chi connectivity index (χ4n) is 5.10. The summed E-state index contributed by atoms with van der Waals surface area (Å²) in [6.07, 6.45) is 7.17. The van der Waals surface area contributed by atoms with Crippen LogP contribution in [-0.2, 0) is 4.74 Å². The van der Waals surface area contributed by atoms with E-state index in [0.717, 1.165) is 64.5 Å². The standard InChI is InChI=1S/C23H37N5O.HI/c1-24-22(25-19-23(11-17-29-18-12-23)28-13-5-6-14-28)26-20-9-15-27(16-10-20)21-7-3-2-4-8-21;/h2-4,7-8,20H,5-6,9-19H2,1H3,(H2,24,25,26);1H. The van der Waals surface area contributed by atoms with Crippen LogP contribution in [0.5, 0.6) is 0 Å². The molecular formula is C23H38IN5O. The van der Waals surface area contributed by atoms with Gasteiger partial charge in [0.2, 0.25) is 0 Å². The number of ether oxygens (including phenoxy) is 1. The van der Waals surface area contributed by atoms with E-state index in [1.807, 2.05) is 7.05 Å². The Kier molecular flexibility index (Phi) is 9.07. The molecule has 0 amide bonds. The number of benzene rings is 1. The maximum Gasteiger partial charge on any atom is 0.191 e. The molecule has 0 bridgehead atoms. The van der Waals surface area contributed by atoms with Crippen molar-refractivity contribution in [3.63, 3.8) is 0 Å². The van der Waals surface area contributed by atoms with Gasteiger partial charge in [0.1, 0.15) is 0 Å². The van der Waals surface area contributed by atoms with Crippen LogP contribution in [0.25, 0.3) is 0 Å². The highest BCUT2D eigenvalue weighted by molar-refractivity contribution is 14.0. The molecule has 0 radical (unpaired) electrons. The van der Waals surface area contributed by atoms with Gasteiger partial charge in [-0.25, -0.2) is 0 Å². The molecule has 3 heterocycles. The van der Waals surface area contributed by atoms with Crippen LogP contribution in [-0.4, -0.2) is 75.4 Å². The van der Waals surface area contributed by atoms with E-state index in [1.165, 1.54) is 31.6 Å². The molecule has 0 unspecified atom stereocenters. The van der Waals surface area contributed by atoms with Crippen molar-refractivity contribution in [2.24, 2.45) is 4.99 Å². The van der Waals surface area contributed by atoms with Gasteiger partial charge >= 0.3 is 0 Å². The van der Waals surface area contributed by atoms with E-state index in [1.54, 1.807) is 0 Å². The number of guanidine groups is 1. The number of nitrogens with one attached hydrogen (secondary N) is 2. The fourth-order valence-corrected chi connectivity index (χ4v) is 5.10. The highest BCUT2D eigenvalue weighted by atomic mass is 127. The molecule has 30 heavy (non-hydrogen) atoms. The van der Waals surface area contributed by atoms with Crippen LogP contribution in [0.4, 0.5) is 5.69 Å². The van der Waals surface area contributed by atoms with Crippen LogP contribution in [0.15, 0.2) is 35.3 Å². The first-order valence-electron chi connectivity index (χ1n) is 11.4. The average Bonchev–Trinajstić information content (AvgIpc) is 3.34. The lowest BCUT2D eigenvalue weighted by molar-refractivity contribution is -0.0164. The topological polar surface area (TPSA) is 52.1 Å². The zero-order chi connectivity index (χ0) is 19.9. The minimum atomic E-state index is 0. The summed E-state index contributed by atoms with van der Waals surface area (Å²) >= 11 is 0. The smallest absolute Gasteiger partial charge is 0.191 e. The maximum absolute atomic E-state index is 5.68. The minimum absolute atomic E-state index is 0. The summed E-state index contributed by atoms with van der Waals surface area (Å²) in [5.41, 5.74) is 1.56. The fraction of sp³-hybridized carbons (Fsp3) is 0.696. The Morgan fingerprint density at radius 3 is 2.37 bits per heavy atom. The van der Waals surface area contributed by atoms with Crippen molar-refractivity contribution in [2.75, 3.05) is 57.9 Å². The van der Waals surface area contributed by atoms with Gasteiger partial charge < -0.3 is 20.3 Å². The van der Waals surface area contributed by atoms with Crippen LogP contribution >= 0.6 is 24.0 Å².